The molecule has 2 atom stereocenters. The van der Waals surface area contributed by atoms with E-state index in [4.69, 9.17) is 12.2 Å². The topological polar surface area (TPSA) is 15.3 Å². The molecule has 0 aliphatic heterocycles. The van der Waals surface area contributed by atoms with Gasteiger partial charge in [-0.25, -0.2) is 0 Å². The summed E-state index contributed by atoms with van der Waals surface area (Å²) in [6.07, 6.45) is 8.98. The van der Waals surface area contributed by atoms with Crippen molar-refractivity contribution in [1.82, 2.24) is 10.2 Å². The maximum Gasteiger partial charge on any atom is 0.169 e. The Morgan fingerprint density at radius 3 is 2.06 bits per heavy atom. The molecule has 0 bridgehead atoms. The van der Waals surface area contributed by atoms with Gasteiger partial charge in [0.15, 0.2) is 5.11 Å². The van der Waals surface area contributed by atoms with E-state index < -0.39 is 0 Å². The summed E-state index contributed by atoms with van der Waals surface area (Å²) in [4.78, 5) is 2.41. The van der Waals surface area contributed by atoms with Crippen LogP contribution in [-0.2, 0) is 0 Å². The Morgan fingerprint density at radius 1 is 1.11 bits per heavy atom. The Bertz CT molecular complexity index is 239. The molecule has 1 fully saturated rings. The highest BCUT2D eigenvalue weighted by Gasteiger charge is 2.23. The molecule has 1 aliphatic carbocycles. The van der Waals surface area contributed by atoms with Gasteiger partial charge in [0.2, 0.25) is 0 Å². The van der Waals surface area contributed by atoms with Crippen LogP contribution in [0.4, 0.5) is 0 Å². The van der Waals surface area contributed by atoms with Crippen molar-refractivity contribution in [3.8, 4) is 0 Å². The molecule has 2 nitrogen and oxygen atoms in total. The molecule has 0 aromatic rings. The van der Waals surface area contributed by atoms with Crippen LogP contribution in [0, 0.1) is 0 Å². The number of nitrogens with one attached hydrogen (secondary N) is 1. The van der Waals surface area contributed by atoms with E-state index in [-0.39, 0.29) is 0 Å². The molecule has 106 valence electrons. The zero-order chi connectivity index (χ0) is 13.5. The summed E-state index contributed by atoms with van der Waals surface area (Å²) >= 11 is 5.66. The third-order valence-electron chi connectivity index (χ3n) is 4.30. The van der Waals surface area contributed by atoms with Crippen LogP contribution >= 0.6 is 12.2 Å². The number of thiocarbonyl (C=S) groups is 1. The Morgan fingerprint density at radius 2 is 1.61 bits per heavy atom. The molecule has 0 heterocycles. The van der Waals surface area contributed by atoms with E-state index in [1.54, 1.807) is 0 Å². The molecule has 0 saturated heterocycles. The van der Waals surface area contributed by atoms with Gasteiger partial charge in [0.05, 0.1) is 0 Å². The van der Waals surface area contributed by atoms with Gasteiger partial charge in [0, 0.05) is 18.1 Å². The van der Waals surface area contributed by atoms with Crippen LogP contribution in [-0.4, -0.2) is 28.1 Å². The summed E-state index contributed by atoms with van der Waals surface area (Å²) in [5, 5.41) is 4.58. The molecule has 0 aromatic heterocycles. The van der Waals surface area contributed by atoms with Crippen molar-refractivity contribution in [2.45, 2.75) is 90.8 Å². The molecule has 0 aromatic carbocycles. The molecule has 1 rings (SSSR count). The van der Waals surface area contributed by atoms with Crippen molar-refractivity contribution in [2.75, 3.05) is 0 Å². The van der Waals surface area contributed by atoms with Gasteiger partial charge in [-0.1, -0.05) is 33.1 Å². The molecular formula is C15H30N2S. The fourth-order valence-electron chi connectivity index (χ4n) is 2.72. The van der Waals surface area contributed by atoms with Crippen molar-refractivity contribution < 1.29 is 0 Å². The SMILES string of the molecule is CCC(C)N(C(=S)NC1CCCCC1)C(C)CC. The van der Waals surface area contributed by atoms with E-state index in [2.05, 4.69) is 37.9 Å². The molecule has 3 heteroatoms. The van der Waals surface area contributed by atoms with Gasteiger partial charge in [0.1, 0.15) is 0 Å². The fourth-order valence-corrected chi connectivity index (χ4v) is 3.25. The summed E-state index contributed by atoms with van der Waals surface area (Å²) in [5.41, 5.74) is 0. The number of hydrogen-bond acceptors (Lipinski definition) is 1. The molecule has 0 radical (unpaired) electrons. The zero-order valence-corrected chi connectivity index (χ0v) is 13.4. The predicted octanol–water partition coefficient (Wildman–Crippen LogP) is 4.09. The van der Waals surface area contributed by atoms with E-state index in [1.165, 1.54) is 32.1 Å². The van der Waals surface area contributed by atoms with Gasteiger partial charge in [-0.15, -0.1) is 0 Å². The van der Waals surface area contributed by atoms with Crippen LogP contribution in [0.1, 0.15) is 72.6 Å². The van der Waals surface area contributed by atoms with E-state index >= 15 is 0 Å². The molecule has 0 amide bonds. The Kier molecular flexibility index (Phi) is 6.98. The van der Waals surface area contributed by atoms with Crippen LogP contribution < -0.4 is 5.32 Å². The molecule has 1 N–H and O–H groups in total. The minimum Gasteiger partial charge on any atom is -0.360 e. The second-order valence-electron chi connectivity index (χ2n) is 5.71. The number of nitrogens with zero attached hydrogens (tertiary/aromatic N) is 1. The lowest BCUT2D eigenvalue weighted by atomic mass is 9.96. The molecule has 2 unspecified atom stereocenters. The monoisotopic (exact) mass is 270 g/mol. The Hall–Kier alpha value is -0.310. The second-order valence-corrected chi connectivity index (χ2v) is 6.09. The Labute approximate surface area is 119 Å². The number of hydrogen-bond donors (Lipinski definition) is 1. The van der Waals surface area contributed by atoms with E-state index in [9.17, 15) is 0 Å². The number of rotatable bonds is 5. The quantitative estimate of drug-likeness (QED) is 0.757. The first-order valence-corrected chi connectivity index (χ1v) is 8.09. The maximum absolute atomic E-state index is 5.66. The van der Waals surface area contributed by atoms with Crippen LogP contribution in [0.3, 0.4) is 0 Å². The minimum atomic E-state index is 0.531. The normalized spacial score (nSPS) is 20.2. The van der Waals surface area contributed by atoms with Gasteiger partial charge < -0.3 is 10.2 Å². The largest absolute Gasteiger partial charge is 0.360 e. The summed E-state index contributed by atoms with van der Waals surface area (Å²) < 4.78 is 0. The van der Waals surface area contributed by atoms with Gasteiger partial charge in [0.25, 0.3) is 0 Å². The maximum atomic E-state index is 5.66. The van der Waals surface area contributed by atoms with Crippen molar-refractivity contribution in [3.05, 3.63) is 0 Å². The fraction of sp³-hybridized carbons (Fsp3) is 0.933. The highest BCUT2D eigenvalue weighted by atomic mass is 32.1. The molecule has 18 heavy (non-hydrogen) atoms. The lowest BCUT2D eigenvalue weighted by Gasteiger charge is -2.38. The summed E-state index contributed by atoms with van der Waals surface area (Å²) in [5.74, 6) is 0. The Balaban J connectivity index is 2.57. The molecule has 1 aliphatic rings. The van der Waals surface area contributed by atoms with Crippen LogP contribution in [0.5, 0.6) is 0 Å². The van der Waals surface area contributed by atoms with Crippen molar-refractivity contribution in [3.63, 3.8) is 0 Å². The summed E-state index contributed by atoms with van der Waals surface area (Å²) in [6, 6.07) is 1.67. The third-order valence-corrected chi connectivity index (χ3v) is 4.63. The van der Waals surface area contributed by atoms with Crippen molar-refractivity contribution >= 4 is 17.3 Å². The van der Waals surface area contributed by atoms with Gasteiger partial charge in [-0.3, -0.25) is 0 Å². The van der Waals surface area contributed by atoms with Crippen molar-refractivity contribution in [1.29, 1.82) is 0 Å². The zero-order valence-electron chi connectivity index (χ0n) is 12.5. The van der Waals surface area contributed by atoms with Crippen LogP contribution in [0.25, 0.3) is 0 Å². The van der Waals surface area contributed by atoms with E-state index in [0.717, 1.165) is 18.0 Å². The highest BCUT2D eigenvalue weighted by molar-refractivity contribution is 7.80. The molecule has 0 spiro atoms. The van der Waals surface area contributed by atoms with Gasteiger partial charge in [-0.2, -0.15) is 0 Å². The third kappa shape index (κ3) is 4.42. The smallest absolute Gasteiger partial charge is 0.169 e. The predicted molar refractivity (Wildman–Crippen MR) is 84.0 cm³/mol. The summed E-state index contributed by atoms with van der Waals surface area (Å²) in [7, 11) is 0. The lowest BCUT2D eigenvalue weighted by Crippen LogP contribution is -2.52. The first kappa shape index (κ1) is 15.7. The summed E-state index contributed by atoms with van der Waals surface area (Å²) in [6.45, 7) is 9.04. The molecular weight excluding hydrogens is 240 g/mol. The van der Waals surface area contributed by atoms with Gasteiger partial charge >= 0.3 is 0 Å². The van der Waals surface area contributed by atoms with Crippen LogP contribution in [0.2, 0.25) is 0 Å². The standard InChI is InChI=1S/C15H30N2S/c1-5-12(3)17(13(4)6-2)15(18)16-14-10-8-7-9-11-14/h12-14H,5-11H2,1-4H3,(H,16,18). The average Bonchev–Trinajstić information content (AvgIpc) is 2.39. The van der Waals surface area contributed by atoms with Crippen molar-refractivity contribution in [2.24, 2.45) is 0 Å². The van der Waals surface area contributed by atoms with E-state index in [1.807, 2.05) is 0 Å². The van der Waals surface area contributed by atoms with Gasteiger partial charge in [-0.05, 0) is 51.7 Å². The minimum absolute atomic E-state index is 0.531. The first-order valence-electron chi connectivity index (χ1n) is 7.68. The second kappa shape index (κ2) is 7.98. The highest BCUT2D eigenvalue weighted by Crippen LogP contribution is 2.19. The van der Waals surface area contributed by atoms with Crippen LogP contribution in [0.15, 0.2) is 0 Å². The average molecular weight is 270 g/mol. The van der Waals surface area contributed by atoms with E-state index in [0.29, 0.717) is 18.1 Å². The molecule has 1 saturated carbocycles. The lowest BCUT2D eigenvalue weighted by molar-refractivity contribution is 0.242. The first-order chi connectivity index (χ1) is 8.60.